The maximum atomic E-state index is 13.3. The van der Waals surface area contributed by atoms with Crippen LogP contribution in [0, 0.1) is 0 Å². The van der Waals surface area contributed by atoms with Crippen LogP contribution in [-0.4, -0.2) is 45.1 Å². The van der Waals surface area contributed by atoms with Gasteiger partial charge >= 0.3 is 0 Å². The Balaban J connectivity index is 1.59. The molecule has 4 rings (SSSR count). The van der Waals surface area contributed by atoms with E-state index in [1.807, 2.05) is 46.7 Å². The van der Waals surface area contributed by atoms with Crippen LogP contribution in [0.25, 0.3) is 10.6 Å². The van der Waals surface area contributed by atoms with Crippen LogP contribution in [0.5, 0.6) is 0 Å². The number of H-pyrrole nitrogens is 1. The Morgan fingerprint density at radius 2 is 2.19 bits per heavy atom. The summed E-state index contributed by atoms with van der Waals surface area (Å²) in [5, 5.41) is 12.8. The van der Waals surface area contributed by atoms with Crippen molar-refractivity contribution in [1.29, 1.82) is 0 Å². The molecule has 1 unspecified atom stereocenters. The Labute approximate surface area is 162 Å². The van der Waals surface area contributed by atoms with Gasteiger partial charge in [-0.2, -0.15) is 5.10 Å². The molecule has 0 spiro atoms. The van der Waals surface area contributed by atoms with E-state index < -0.39 is 0 Å². The SMILES string of the molecule is O=C(c1cc(-c2cccs2)[nH]n1)N(Cc1ccccn1)C1CCCNCC1. The molecule has 6 nitrogen and oxygen atoms in total. The van der Waals surface area contributed by atoms with Gasteiger partial charge in [-0.1, -0.05) is 12.1 Å². The number of aromatic nitrogens is 3. The van der Waals surface area contributed by atoms with E-state index in [1.54, 1.807) is 17.5 Å². The van der Waals surface area contributed by atoms with Gasteiger partial charge in [0.1, 0.15) is 0 Å². The molecule has 0 aliphatic carbocycles. The van der Waals surface area contributed by atoms with Crippen molar-refractivity contribution in [2.45, 2.75) is 31.8 Å². The second-order valence-corrected chi connectivity index (χ2v) is 7.68. The topological polar surface area (TPSA) is 73.9 Å². The number of nitrogens with one attached hydrogen (secondary N) is 2. The highest BCUT2D eigenvalue weighted by Crippen LogP contribution is 2.25. The fourth-order valence-electron chi connectivity index (χ4n) is 3.48. The maximum Gasteiger partial charge on any atom is 0.274 e. The second-order valence-electron chi connectivity index (χ2n) is 6.73. The molecular formula is C20H23N5OS. The predicted octanol–water partition coefficient (Wildman–Crippen LogP) is 3.32. The number of pyridine rings is 1. The van der Waals surface area contributed by atoms with Crippen LogP contribution in [0.15, 0.2) is 48.0 Å². The lowest BCUT2D eigenvalue weighted by Crippen LogP contribution is -2.40. The molecule has 3 aromatic rings. The van der Waals surface area contributed by atoms with Gasteiger partial charge in [0.15, 0.2) is 5.69 Å². The van der Waals surface area contributed by atoms with Crippen LogP contribution in [0.1, 0.15) is 35.4 Å². The number of carbonyl (C=O) groups excluding carboxylic acids is 1. The monoisotopic (exact) mass is 381 g/mol. The fourth-order valence-corrected chi connectivity index (χ4v) is 4.17. The van der Waals surface area contributed by atoms with Crippen molar-refractivity contribution in [1.82, 2.24) is 25.4 Å². The van der Waals surface area contributed by atoms with Gasteiger partial charge in [-0.15, -0.1) is 11.3 Å². The molecule has 27 heavy (non-hydrogen) atoms. The van der Waals surface area contributed by atoms with E-state index in [4.69, 9.17) is 0 Å². The zero-order valence-electron chi connectivity index (χ0n) is 15.1. The average molecular weight is 382 g/mol. The van der Waals surface area contributed by atoms with Crippen molar-refractivity contribution in [3.05, 3.63) is 59.4 Å². The van der Waals surface area contributed by atoms with Gasteiger partial charge in [-0.25, -0.2) is 0 Å². The van der Waals surface area contributed by atoms with Crippen LogP contribution < -0.4 is 5.32 Å². The van der Waals surface area contributed by atoms with Crippen molar-refractivity contribution in [3.8, 4) is 10.6 Å². The molecule has 1 aliphatic rings. The summed E-state index contributed by atoms with van der Waals surface area (Å²) in [5.41, 5.74) is 2.25. The summed E-state index contributed by atoms with van der Waals surface area (Å²) < 4.78 is 0. The summed E-state index contributed by atoms with van der Waals surface area (Å²) in [7, 11) is 0. The number of hydrogen-bond acceptors (Lipinski definition) is 5. The van der Waals surface area contributed by atoms with Gasteiger partial charge in [-0.3, -0.25) is 14.9 Å². The first-order chi connectivity index (χ1) is 13.3. The molecule has 1 fully saturated rings. The average Bonchev–Trinajstić information content (AvgIpc) is 3.33. The predicted molar refractivity (Wildman–Crippen MR) is 107 cm³/mol. The van der Waals surface area contributed by atoms with E-state index in [2.05, 4.69) is 20.5 Å². The van der Waals surface area contributed by atoms with Gasteiger partial charge in [0.2, 0.25) is 0 Å². The van der Waals surface area contributed by atoms with Crippen LogP contribution in [-0.2, 0) is 6.54 Å². The number of nitrogens with zero attached hydrogens (tertiary/aromatic N) is 3. The third kappa shape index (κ3) is 4.26. The molecular weight excluding hydrogens is 358 g/mol. The van der Waals surface area contributed by atoms with Crippen LogP contribution in [0.2, 0.25) is 0 Å². The maximum absolute atomic E-state index is 13.3. The minimum atomic E-state index is -0.0355. The lowest BCUT2D eigenvalue weighted by atomic mass is 10.1. The lowest BCUT2D eigenvalue weighted by Gasteiger charge is -2.30. The third-order valence-corrected chi connectivity index (χ3v) is 5.79. The lowest BCUT2D eigenvalue weighted by molar-refractivity contribution is 0.0636. The van der Waals surface area contributed by atoms with Gasteiger partial charge in [0.05, 0.1) is 22.8 Å². The molecule has 0 radical (unpaired) electrons. The van der Waals surface area contributed by atoms with E-state index in [0.29, 0.717) is 12.2 Å². The fraction of sp³-hybridized carbons (Fsp3) is 0.350. The minimum Gasteiger partial charge on any atom is -0.328 e. The zero-order valence-corrected chi connectivity index (χ0v) is 15.9. The van der Waals surface area contributed by atoms with Crippen molar-refractivity contribution < 1.29 is 4.79 Å². The molecule has 0 bridgehead atoms. The first kappa shape index (κ1) is 17.9. The summed E-state index contributed by atoms with van der Waals surface area (Å²) in [6.07, 6.45) is 4.78. The molecule has 140 valence electrons. The van der Waals surface area contributed by atoms with Crippen LogP contribution in [0.3, 0.4) is 0 Å². The Morgan fingerprint density at radius 3 is 3.00 bits per heavy atom. The molecule has 1 saturated heterocycles. The van der Waals surface area contributed by atoms with Crippen LogP contribution in [0.4, 0.5) is 0 Å². The molecule has 2 N–H and O–H groups in total. The van der Waals surface area contributed by atoms with Gasteiger partial charge in [0, 0.05) is 12.2 Å². The van der Waals surface area contributed by atoms with E-state index in [-0.39, 0.29) is 11.9 Å². The largest absolute Gasteiger partial charge is 0.328 e. The first-order valence-corrected chi connectivity index (χ1v) is 10.2. The Morgan fingerprint density at radius 1 is 1.22 bits per heavy atom. The quantitative estimate of drug-likeness (QED) is 0.711. The molecule has 3 aromatic heterocycles. The van der Waals surface area contributed by atoms with Gasteiger partial charge < -0.3 is 10.2 Å². The van der Waals surface area contributed by atoms with Gasteiger partial charge in [0.25, 0.3) is 5.91 Å². The highest BCUT2D eigenvalue weighted by Gasteiger charge is 2.27. The highest BCUT2D eigenvalue weighted by atomic mass is 32.1. The number of rotatable bonds is 5. The third-order valence-electron chi connectivity index (χ3n) is 4.89. The Bertz CT molecular complexity index is 854. The normalized spacial score (nSPS) is 17.4. The zero-order chi connectivity index (χ0) is 18.5. The number of thiophene rings is 1. The van der Waals surface area contributed by atoms with Crippen molar-refractivity contribution in [2.75, 3.05) is 13.1 Å². The summed E-state index contributed by atoms with van der Waals surface area (Å²) >= 11 is 1.63. The van der Waals surface area contributed by atoms with Crippen LogP contribution >= 0.6 is 11.3 Å². The molecule has 1 aliphatic heterocycles. The minimum absolute atomic E-state index is 0.0355. The Hall–Kier alpha value is -2.51. The second kappa shape index (κ2) is 8.45. The number of aromatic amines is 1. The molecule has 4 heterocycles. The van der Waals surface area contributed by atoms with Crippen molar-refractivity contribution >= 4 is 17.2 Å². The molecule has 1 atom stereocenters. The summed E-state index contributed by atoms with van der Waals surface area (Å²) in [6, 6.07) is 11.9. The molecule has 0 aromatic carbocycles. The smallest absolute Gasteiger partial charge is 0.274 e. The molecule has 0 saturated carbocycles. The van der Waals surface area contributed by atoms with E-state index in [0.717, 1.165) is 48.6 Å². The Kier molecular flexibility index (Phi) is 5.60. The molecule has 7 heteroatoms. The number of amides is 1. The molecule has 1 amide bonds. The number of carbonyl (C=O) groups is 1. The van der Waals surface area contributed by atoms with E-state index in [9.17, 15) is 4.79 Å². The summed E-state index contributed by atoms with van der Waals surface area (Å²) in [4.78, 5) is 20.8. The first-order valence-electron chi connectivity index (χ1n) is 9.32. The highest BCUT2D eigenvalue weighted by molar-refractivity contribution is 7.13. The van der Waals surface area contributed by atoms with E-state index in [1.165, 1.54) is 0 Å². The van der Waals surface area contributed by atoms with Crippen molar-refractivity contribution in [3.63, 3.8) is 0 Å². The standard InChI is InChI=1S/C20H23N5OS/c26-20(18-13-17(23-24-18)19-7-4-12-27-19)25(14-15-5-1-2-10-22-15)16-6-3-9-21-11-8-16/h1-2,4-5,7,10,12-13,16,21H,3,6,8-9,11,14H2,(H,23,24). The summed E-state index contributed by atoms with van der Waals surface area (Å²) in [5.74, 6) is -0.0355. The van der Waals surface area contributed by atoms with Gasteiger partial charge in [-0.05, 0) is 62.0 Å². The number of hydrogen-bond donors (Lipinski definition) is 2. The van der Waals surface area contributed by atoms with Crippen molar-refractivity contribution in [2.24, 2.45) is 0 Å². The van der Waals surface area contributed by atoms with E-state index >= 15 is 0 Å². The summed E-state index contributed by atoms with van der Waals surface area (Å²) in [6.45, 7) is 2.44.